The van der Waals surface area contributed by atoms with Crippen LogP contribution in [-0.2, 0) is 20.7 Å². The lowest BCUT2D eigenvalue weighted by molar-refractivity contribution is -0.154. The first-order valence-electron chi connectivity index (χ1n) is 6.65. The molecule has 0 aliphatic carbocycles. The Morgan fingerprint density at radius 3 is 2.24 bits per heavy atom. The van der Waals surface area contributed by atoms with Crippen LogP contribution in [0.1, 0.15) is 22.8 Å². The molecule has 2 aromatic rings. The molecule has 0 radical (unpaired) electrons. The number of ether oxygens (including phenoxy) is 1. The van der Waals surface area contributed by atoms with Crippen molar-refractivity contribution in [2.45, 2.75) is 19.4 Å². The maximum atomic E-state index is 12.0. The second-order valence-electron chi connectivity index (χ2n) is 4.85. The van der Waals surface area contributed by atoms with E-state index in [1.807, 2.05) is 37.3 Å². The summed E-state index contributed by atoms with van der Waals surface area (Å²) in [4.78, 5) is 23.4. The largest absolute Gasteiger partial charge is 0.447 e. The molecule has 2 aromatic carbocycles. The maximum absolute atomic E-state index is 12.0. The van der Waals surface area contributed by atoms with Gasteiger partial charge in [0.2, 0.25) is 6.10 Å². The van der Waals surface area contributed by atoms with Gasteiger partial charge in [-0.1, -0.05) is 60.2 Å². The minimum absolute atomic E-state index is 0.108. The molecule has 4 nitrogen and oxygen atoms in total. The molecule has 0 saturated heterocycles. The number of carbonyl (C=O) groups is 2. The van der Waals surface area contributed by atoms with Gasteiger partial charge in [-0.3, -0.25) is 9.59 Å². The Morgan fingerprint density at radius 1 is 1.05 bits per heavy atom. The number of primary amides is 1. The fourth-order valence-electron chi connectivity index (χ4n) is 1.96. The molecular formula is C17H17NO3. The molecule has 0 spiro atoms. The molecule has 1 atom stereocenters. The Balaban J connectivity index is 2.05. The van der Waals surface area contributed by atoms with Gasteiger partial charge in [0.05, 0.1) is 6.42 Å². The molecule has 0 heterocycles. The average Bonchev–Trinajstić information content (AvgIpc) is 2.48. The zero-order valence-electron chi connectivity index (χ0n) is 11.8. The predicted molar refractivity (Wildman–Crippen MR) is 79.4 cm³/mol. The monoisotopic (exact) mass is 283 g/mol. The summed E-state index contributed by atoms with van der Waals surface area (Å²) in [6.07, 6.45) is -0.944. The quantitative estimate of drug-likeness (QED) is 0.856. The molecule has 2 rings (SSSR count). The normalized spacial score (nSPS) is 11.7. The van der Waals surface area contributed by atoms with Crippen LogP contribution in [0.25, 0.3) is 0 Å². The van der Waals surface area contributed by atoms with E-state index in [4.69, 9.17) is 10.5 Å². The first-order chi connectivity index (χ1) is 10.1. The molecule has 0 bridgehead atoms. The zero-order valence-corrected chi connectivity index (χ0v) is 11.8. The average molecular weight is 283 g/mol. The van der Waals surface area contributed by atoms with Gasteiger partial charge in [-0.25, -0.2) is 0 Å². The number of aryl methyl sites for hydroxylation is 1. The number of amides is 1. The van der Waals surface area contributed by atoms with E-state index in [0.717, 1.165) is 11.1 Å². The van der Waals surface area contributed by atoms with Crippen LogP contribution in [0, 0.1) is 6.92 Å². The molecule has 0 saturated carbocycles. The van der Waals surface area contributed by atoms with Gasteiger partial charge in [-0.05, 0) is 12.5 Å². The second kappa shape index (κ2) is 6.70. The van der Waals surface area contributed by atoms with Crippen molar-refractivity contribution in [1.29, 1.82) is 0 Å². The van der Waals surface area contributed by atoms with E-state index >= 15 is 0 Å². The fourth-order valence-corrected chi connectivity index (χ4v) is 1.96. The number of nitrogens with two attached hydrogens (primary N) is 1. The lowest BCUT2D eigenvalue weighted by Crippen LogP contribution is -2.26. The van der Waals surface area contributed by atoms with Gasteiger partial charge in [0.25, 0.3) is 5.91 Å². The van der Waals surface area contributed by atoms with Crippen molar-refractivity contribution in [3.63, 3.8) is 0 Å². The van der Waals surface area contributed by atoms with Crippen LogP contribution in [0.15, 0.2) is 54.6 Å². The first kappa shape index (κ1) is 14.8. The molecule has 108 valence electrons. The number of benzene rings is 2. The maximum Gasteiger partial charge on any atom is 0.311 e. The van der Waals surface area contributed by atoms with Gasteiger partial charge in [0.1, 0.15) is 0 Å². The van der Waals surface area contributed by atoms with Crippen molar-refractivity contribution >= 4 is 11.9 Å². The van der Waals surface area contributed by atoms with Crippen molar-refractivity contribution in [3.05, 3.63) is 71.3 Å². The predicted octanol–water partition coefficient (Wildman–Crippen LogP) is 2.31. The third-order valence-electron chi connectivity index (χ3n) is 3.08. The highest BCUT2D eigenvalue weighted by Gasteiger charge is 2.22. The van der Waals surface area contributed by atoms with Crippen LogP contribution in [0.2, 0.25) is 0 Å². The van der Waals surface area contributed by atoms with Crippen LogP contribution < -0.4 is 5.73 Å². The molecule has 0 aromatic heterocycles. The minimum atomic E-state index is -1.05. The summed E-state index contributed by atoms with van der Waals surface area (Å²) >= 11 is 0. The van der Waals surface area contributed by atoms with Gasteiger partial charge in [-0.15, -0.1) is 0 Å². The van der Waals surface area contributed by atoms with E-state index in [-0.39, 0.29) is 6.42 Å². The third-order valence-corrected chi connectivity index (χ3v) is 3.08. The first-order valence-corrected chi connectivity index (χ1v) is 6.65. The number of esters is 1. The number of hydrogen-bond donors (Lipinski definition) is 1. The summed E-state index contributed by atoms with van der Waals surface area (Å²) in [5.74, 6) is -1.16. The highest BCUT2D eigenvalue weighted by molar-refractivity contribution is 5.84. The highest BCUT2D eigenvalue weighted by atomic mass is 16.5. The molecule has 4 heteroatoms. The van der Waals surface area contributed by atoms with Crippen LogP contribution in [0.5, 0.6) is 0 Å². The molecule has 21 heavy (non-hydrogen) atoms. The van der Waals surface area contributed by atoms with E-state index in [0.29, 0.717) is 5.56 Å². The van der Waals surface area contributed by atoms with Gasteiger partial charge >= 0.3 is 5.97 Å². The van der Waals surface area contributed by atoms with Gasteiger partial charge in [0, 0.05) is 5.56 Å². The van der Waals surface area contributed by atoms with Gasteiger partial charge in [-0.2, -0.15) is 0 Å². The standard InChI is InChI=1S/C17H17NO3/c1-12-7-9-13(10-8-12)11-15(19)21-16(17(18)20)14-5-3-2-4-6-14/h2-10,16H,11H2,1H3,(H2,18,20). The van der Waals surface area contributed by atoms with Crippen molar-refractivity contribution in [1.82, 2.24) is 0 Å². The summed E-state index contributed by atoms with van der Waals surface area (Å²) in [6.45, 7) is 1.97. The van der Waals surface area contributed by atoms with E-state index in [1.165, 1.54) is 0 Å². The molecule has 1 unspecified atom stereocenters. The molecule has 0 fully saturated rings. The Bertz CT molecular complexity index is 620. The van der Waals surface area contributed by atoms with E-state index in [2.05, 4.69) is 0 Å². The number of hydrogen-bond acceptors (Lipinski definition) is 3. The Morgan fingerprint density at radius 2 is 1.67 bits per heavy atom. The molecule has 1 amide bonds. The molecular weight excluding hydrogens is 266 g/mol. The zero-order chi connectivity index (χ0) is 15.2. The van der Waals surface area contributed by atoms with Gasteiger partial charge in [0.15, 0.2) is 0 Å². The highest BCUT2D eigenvalue weighted by Crippen LogP contribution is 2.17. The Labute approximate surface area is 123 Å². The molecule has 2 N–H and O–H groups in total. The lowest BCUT2D eigenvalue weighted by atomic mass is 10.1. The summed E-state index contributed by atoms with van der Waals surface area (Å²) in [5.41, 5.74) is 7.84. The Kier molecular flexibility index (Phi) is 4.72. The summed E-state index contributed by atoms with van der Waals surface area (Å²) < 4.78 is 5.22. The topological polar surface area (TPSA) is 69.4 Å². The van der Waals surface area contributed by atoms with Crippen LogP contribution in [0.4, 0.5) is 0 Å². The summed E-state index contributed by atoms with van der Waals surface area (Å²) in [6, 6.07) is 16.3. The van der Waals surface area contributed by atoms with Crippen molar-refractivity contribution in [2.75, 3.05) is 0 Å². The Hall–Kier alpha value is -2.62. The third kappa shape index (κ3) is 4.18. The molecule has 0 aliphatic heterocycles. The number of carbonyl (C=O) groups excluding carboxylic acids is 2. The van der Waals surface area contributed by atoms with E-state index < -0.39 is 18.0 Å². The summed E-state index contributed by atoms with van der Waals surface area (Å²) in [5, 5.41) is 0. The van der Waals surface area contributed by atoms with E-state index in [9.17, 15) is 9.59 Å². The van der Waals surface area contributed by atoms with Crippen LogP contribution >= 0.6 is 0 Å². The SMILES string of the molecule is Cc1ccc(CC(=O)OC(C(N)=O)c2ccccc2)cc1. The van der Waals surface area contributed by atoms with Gasteiger partial charge < -0.3 is 10.5 Å². The number of rotatable bonds is 5. The smallest absolute Gasteiger partial charge is 0.311 e. The summed E-state index contributed by atoms with van der Waals surface area (Å²) in [7, 11) is 0. The minimum Gasteiger partial charge on any atom is -0.447 e. The second-order valence-corrected chi connectivity index (χ2v) is 4.85. The van der Waals surface area contributed by atoms with Crippen molar-refractivity contribution < 1.29 is 14.3 Å². The fraction of sp³-hybridized carbons (Fsp3) is 0.176. The van der Waals surface area contributed by atoms with Crippen LogP contribution in [-0.4, -0.2) is 11.9 Å². The molecule has 0 aliphatic rings. The van der Waals surface area contributed by atoms with Crippen molar-refractivity contribution in [3.8, 4) is 0 Å². The lowest BCUT2D eigenvalue weighted by Gasteiger charge is -2.15. The van der Waals surface area contributed by atoms with Crippen LogP contribution in [0.3, 0.4) is 0 Å². The van der Waals surface area contributed by atoms with E-state index in [1.54, 1.807) is 24.3 Å². The van der Waals surface area contributed by atoms with Crippen molar-refractivity contribution in [2.24, 2.45) is 5.73 Å².